The van der Waals surface area contributed by atoms with E-state index in [-0.39, 0.29) is 30.8 Å². The van der Waals surface area contributed by atoms with E-state index in [0.717, 1.165) is 24.0 Å². The van der Waals surface area contributed by atoms with Gasteiger partial charge in [0.1, 0.15) is 17.6 Å². The fourth-order valence-corrected chi connectivity index (χ4v) is 3.76. The highest BCUT2D eigenvalue weighted by molar-refractivity contribution is 5.88. The Morgan fingerprint density at radius 2 is 1.54 bits per heavy atom. The molecule has 6 heteroatoms. The highest BCUT2D eigenvalue weighted by atomic mass is 19.1. The number of halogens is 1. The molecule has 0 fully saturated rings. The van der Waals surface area contributed by atoms with Gasteiger partial charge in [0.05, 0.1) is 0 Å². The molecule has 3 aromatic carbocycles. The van der Waals surface area contributed by atoms with E-state index in [1.54, 1.807) is 12.1 Å². The molecule has 0 aliphatic rings. The third kappa shape index (κ3) is 7.95. The third-order valence-electron chi connectivity index (χ3n) is 5.78. The van der Waals surface area contributed by atoms with Crippen LogP contribution in [0.5, 0.6) is 5.75 Å². The molecule has 35 heavy (non-hydrogen) atoms. The van der Waals surface area contributed by atoms with E-state index in [1.807, 2.05) is 61.5 Å². The molecule has 3 aromatic rings. The van der Waals surface area contributed by atoms with Gasteiger partial charge in [-0.25, -0.2) is 4.39 Å². The van der Waals surface area contributed by atoms with Gasteiger partial charge in [-0.3, -0.25) is 9.59 Å². The van der Waals surface area contributed by atoms with E-state index in [2.05, 4.69) is 12.2 Å². The second-order valence-electron chi connectivity index (χ2n) is 8.43. The molecule has 3 rings (SSSR count). The molecular formula is C29H33FN2O3. The quantitative estimate of drug-likeness (QED) is 0.403. The zero-order valence-corrected chi connectivity index (χ0v) is 20.4. The van der Waals surface area contributed by atoms with Crippen molar-refractivity contribution in [2.75, 3.05) is 13.2 Å². The highest BCUT2D eigenvalue weighted by Gasteiger charge is 2.30. The maximum absolute atomic E-state index is 13.5. The standard InChI is InChI=1S/C29H33FN2O3/c1-3-18-31-29(34)27(19-23-8-6-5-7-9-23)32(20-24-10-14-25(30)15-11-24)28(33)21-35-26-16-12-22(4-2)13-17-26/h5-17,27H,3-4,18-21H2,1-2H3,(H,31,34)/t27-/m1/s1. The fourth-order valence-electron chi connectivity index (χ4n) is 3.76. The highest BCUT2D eigenvalue weighted by Crippen LogP contribution is 2.17. The van der Waals surface area contributed by atoms with Crippen molar-refractivity contribution in [3.63, 3.8) is 0 Å². The summed E-state index contributed by atoms with van der Waals surface area (Å²) in [7, 11) is 0. The summed E-state index contributed by atoms with van der Waals surface area (Å²) in [5.41, 5.74) is 2.85. The van der Waals surface area contributed by atoms with Gasteiger partial charge >= 0.3 is 0 Å². The van der Waals surface area contributed by atoms with Crippen LogP contribution in [0.25, 0.3) is 0 Å². The summed E-state index contributed by atoms with van der Waals surface area (Å²) in [6, 6.07) is 22.4. The van der Waals surface area contributed by atoms with Crippen molar-refractivity contribution in [2.45, 2.75) is 45.7 Å². The van der Waals surface area contributed by atoms with Gasteiger partial charge in [-0.1, -0.05) is 68.4 Å². The van der Waals surface area contributed by atoms with Gasteiger partial charge in [-0.05, 0) is 53.8 Å². The molecule has 0 unspecified atom stereocenters. The van der Waals surface area contributed by atoms with Crippen LogP contribution in [-0.4, -0.2) is 35.9 Å². The maximum Gasteiger partial charge on any atom is 0.261 e. The summed E-state index contributed by atoms with van der Waals surface area (Å²) in [6.07, 6.45) is 2.06. The van der Waals surface area contributed by atoms with Crippen molar-refractivity contribution in [1.82, 2.24) is 10.2 Å². The molecule has 1 N–H and O–H groups in total. The van der Waals surface area contributed by atoms with Crippen LogP contribution in [0.4, 0.5) is 4.39 Å². The molecule has 5 nitrogen and oxygen atoms in total. The Labute approximate surface area is 206 Å². The van der Waals surface area contributed by atoms with Crippen LogP contribution >= 0.6 is 0 Å². The molecule has 0 aliphatic heterocycles. The lowest BCUT2D eigenvalue weighted by Gasteiger charge is -2.31. The monoisotopic (exact) mass is 476 g/mol. The van der Waals surface area contributed by atoms with Crippen molar-refractivity contribution < 1.29 is 18.7 Å². The smallest absolute Gasteiger partial charge is 0.261 e. The number of nitrogens with zero attached hydrogens (tertiary/aromatic N) is 1. The Balaban J connectivity index is 1.86. The molecule has 0 bridgehead atoms. The summed E-state index contributed by atoms with van der Waals surface area (Å²) in [5.74, 6) is -0.306. The van der Waals surface area contributed by atoms with E-state index in [9.17, 15) is 14.0 Å². The van der Waals surface area contributed by atoms with Crippen LogP contribution in [0.3, 0.4) is 0 Å². The minimum Gasteiger partial charge on any atom is -0.484 e. The Morgan fingerprint density at radius 1 is 0.886 bits per heavy atom. The van der Waals surface area contributed by atoms with Gasteiger partial charge < -0.3 is 15.0 Å². The molecule has 184 valence electrons. The Bertz CT molecular complexity index is 1070. The molecule has 1 atom stereocenters. The second-order valence-corrected chi connectivity index (χ2v) is 8.43. The number of nitrogens with one attached hydrogen (secondary N) is 1. The molecule has 0 heterocycles. The first kappa shape index (κ1) is 25.9. The van der Waals surface area contributed by atoms with Crippen molar-refractivity contribution in [3.05, 3.63) is 101 Å². The molecule has 2 amide bonds. The second kappa shape index (κ2) is 13.3. The van der Waals surface area contributed by atoms with E-state index in [1.165, 1.54) is 22.6 Å². The minimum atomic E-state index is -0.743. The lowest BCUT2D eigenvalue weighted by molar-refractivity contribution is -0.142. The summed E-state index contributed by atoms with van der Waals surface area (Å²) in [6.45, 7) is 4.52. The number of amides is 2. The van der Waals surface area contributed by atoms with Gasteiger partial charge in [0, 0.05) is 19.5 Å². The number of hydrogen-bond acceptors (Lipinski definition) is 3. The first-order valence-electron chi connectivity index (χ1n) is 12.1. The topological polar surface area (TPSA) is 58.6 Å². The number of ether oxygens (including phenoxy) is 1. The van der Waals surface area contributed by atoms with Gasteiger partial charge in [0.25, 0.3) is 5.91 Å². The molecular weight excluding hydrogens is 443 g/mol. The zero-order chi connectivity index (χ0) is 25.0. The normalized spacial score (nSPS) is 11.5. The van der Waals surface area contributed by atoms with Crippen molar-refractivity contribution in [1.29, 1.82) is 0 Å². The molecule has 0 spiro atoms. The van der Waals surface area contributed by atoms with E-state index in [4.69, 9.17) is 4.74 Å². The molecule has 0 saturated carbocycles. The summed E-state index contributed by atoms with van der Waals surface area (Å²) in [4.78, 5) is 28.2. The Morgan fingerprint density at radius 3 is 2.17 bits per heavy atom. The lowest BCUT2D eigenvalue weighted by Crippen LogP contribution is -2.51. The summed E-state index contributed by atoms with van der Waals surface area (Å²) < 4.78 is 19.3. The average molecular weight is 477 g/mol. The van der Waals surface area contributed by atoms with Crippen molar-refractivity contribution in [3.8, 4) is 5.75 Å². The lowest BCUT2D eigenvalue weighted by atomic mass is 10.0. The number of carbonyl (C=O) groups excluding carboxylic acids is 2. The summed E-state index contributed by atoms with van der Waals surface area (Å²) in [5, 5.41) is 2.94. The van der Waals surface area contributed by atoms with E-state index >= 15 is 0 Å². The van der Waals surface area contributed by atoms with Gasteiger partial charge in [-0.15, -0.1) is 0 Å². The van der Waals surface area contributed by atoms with Crippen LogP contribution < -0.4 is 10.1 Å². The van der Waals surface area contributed by atoms with Crippen LogP contribution in [0.2, 0.25) is 0 Å². The summed E-state index contributed by atoms with van der Waals surface area (Å²) >= 11 is 0. The first-order valence-corrected chi connectivity index (χ1v) is 12.1. The number of aryl methyl sites for hydroxylation is 1. The van der Waals surface area contributed by atoms with Crippen LogP contribution in [0.1, 0.15) is 37.0 Å². The van der Waals surface area contributed by atoms with Crippen LogP contribution in [0.15, 0.2) is 78.9 Å². The van der Waals surface area contributed by atoms with Crippen LogP contribution in [-0.2, 0) is 29.0 Å². The number of carbonyl (C=O) groups is 2. The first-order chi connectivity index (χ1) is 17.0. The Kier molecular flexibility index (Phi) is 9.84. The maximum atomic E-state index is 13.5. The van der Waals surface area contributed by atoms with E-state index < -0.39 is 6.04 Å². The average Bonchev–Trinajstić information content (AvgIpc) is 2.89. The molecule has 0 saturated heterocycles. The minimum absolute atomic E-state index is 0.161. The number of rotatable bonds is 12. The molecule has 0 aromatic heterocycles. The zero-order valence-electron chi connectivity index (χ0n) is 20.4. The van der Waals surface area contributed by atoms with Gasteiger partial charge in [0.2, 0.25) is 5.91 Å². The third-order valence-corrected chi connectivity index (χ3v) is 5.78. The fraction of sp³-hybridized carbons (Fsp3) is 0.310. The largest absolute Gasteiger partial charge is 0.484 e. The van der Waals surface area contributed by atoms with Crippen LogP contribution in [0, 0.1) is 5.82 Å². The van der Waals surface area contributed by atoms with E-state index in [0.29, 0.717) is 18.7 Å². The molecule has 0 radical (unpaired) electrons. The van der Waals surface area contributed by atoms with Crippen molar-refractivity contribution >= 4 is 11.8 Å². The predicted molar refractivity (Wildman–Crippen MR) is 135 cm³/mol. The van der Waals surface area contributed by atoms with Gasteiger partial charge in [-0.2, -0.15) is 0 Å². The molecule has 0 aliphatic carbocycles. The SMILES string of the molecule is CCCNC(=O)[C@@H](Cc1ccccc1)N(Cc1ccc(F)cc1)C(=O)COc1ccc(CC)cc1. The number of benzene rings is 3. The number of hydrogen-bond donors (Lipinski definition) is 1. The van der Waals surface area contributed by atoms with Gasteiger partial charge in [0.15, 0.2) is 6.61 Å². The predicted octanol–water partition coefficient (Wildman–Crippen LogP) is 4.93. The Hall–Kier alpha value is -3.67. The van der Waals surface area contributed by atoms with Crippen molar-refractivity contribution in [2.24, 2.45) is 0 Å².